The lowest BCUT2D eigenvalue weighted by atomic mass is 9.77. The molecule has 0 spiro atoms. The topological polar surface area (TPSA) is 124 Å². The molecule has 1 aromatic rings. The van der Waals surface area contributed by atoms with Crippen molar-refractivity contribution in [2.24, 2.45) is 5.84 Å². The van der Waals surface area contributed by atoms with E-state index in [-0.39, 0.29) is 19.1 Å². The molecule has 130 valence electrons. The van der Waals surface area contributed by atoms with Gasteiger partial charge in [0, 0.05) is 6.42 Å². The SMILES string of the molecule is CCOC(=O)C(=N)OCCc1ccc(C2(C(=O)NN)COC2)cc1. The number of carbonyl (C=O) groups is 2. The highest BCUT2D eigenvalue weighted by molar-refractivity contribution is 6.31. The Labute approximate surface area is 139 Å². The van der Waals surface area contributed by atoms with Crippen molar-refractivity contribution in [1.29, 1.82) is 5.41 Å². The number of esters is 1. The third-order valence-electron chi connectivity index (χ3n) is 3.87. The quantitative estimate of drug-likeness (QED) is 0.168. The average Bonchev–Trinajstić information content (AvgIpc) is 2.55. The first-order valence-corrected chi connectivity index (χ1v) is 7.60. The molecular weight excluding hydrogens is 314 g/mol. The Hall–Kier alpha value is -2.45. The van der Waals surface area contributed by atoms with Crippen LogP contribution < -0.4 is 11.3 Å². The summed E-state index contributed by atoms with van der Waals surface area (Å²) in [5.74, 6) is 3.70. The summed E-state index contributed by atoms with van der Waals surface area (Å²) in [6.07, 6.45) is 0.522. The van der Waals surface area contributed by atoms with Crippen LogP contribution in [0.2, 0.25) is 0 Å². The second-order valence-corrected chi connectivity index (χ2v) is 5.39. The number of ether oxygens (including phenoxy) is 3. The molecule has 0 radical (unpaired) electrons. The van der Waals surface area contributed by atoms with E-state index in [1.807, 2.05) is 24.3 Å². The minimum absolute atomic E-state index is 0.189. The summed E-state index contributed by atoms with van der Waals surface area (Å²) in [5.41, 5.74) is 3.25. The molecule has 0 bridgehead atoms. The van der Waals surface area contributed by atoms with Crippen LogP contribution in [0.5, 0.6) is 0 Å². The fourth-order valence-corrected chi connectivity index (χ4v) is 2.39. The standard InChI is InChI=1S/C16H21N3O5/c1-2-23-14(20)13(17)24-8-7-11-3-5-12(6-4-11)16(9-22-10-16)15(21)19-18/h3-6,17H,2,7-10,18H2,1H3,(H,19,21). The molecule has 4 N–H and O–H groups in total. The number of hydrogen-bond donors (Lipinski definition) is 3. The fraction of sp³-hybridized carbons (Fsp3) is 0.438. The minimum atomic E-state index is -0.771. The van der Waals surface area contributed by atoms with Crippen molar-refractivity contribution in [1.82, 2.24) is 5.43 Å². The number of carbonyl (C=O) groups excluding carboxylic acids is 2. The first-order valence-electron chi connectivity index (χ1n) is 7.60. The number of benzene rings is 1. The molecular formula is C16H21N3O5. The zero-order chi connectivity index (χ0) is 17.6. The lowest BCUT2D eigenvalue weighted by molar-refractivity contribution is -0.145. The third-order valence-corrected chi connectivity index (χ3v) is 3.87. The maximum Gasteiger partial charge on any atom is 0.393 e. The van der Waals surface area contributed by atoms with Gasteiger partial charge >= 0.3 is 5.97 Å². The van der Waals surface area contributed by atoms with Crippen LogP contribution in [0, 0.1) is 5.41 Å². The van der Waals surface area contributed by atoms with Crippen molar-refractivity contribution in [3.05, 3.63) is 35.4 Å². The average molecular weight is 335 g/mol. The van der Waals surface area contributed by atoms with Gasteiger partial charge in [0.15, 0.2) is 0 Å². The Bertz CT molecular complexity index is 611. The largest absolute Gasteiger partial charge is 0.473 e. The van der Waals surface area contributed by atoms with Crippen molar-refractivity contribution < 1.29 is 23.8 Å². The van der Waals surface area contributed by atoms with Crippen molar-refractivity contribution >= 4 is 17.8 Å². The molecule has 0 atom stereocenters. The zero-order valence-electron chi connectivity index (χ0n) is 13.5. The van der Waals surface area contributed by atoms with Gasteiger partial charge in [-0.05, 0) is 18.1 Å². The van der Waals surface area contributed by atoms with E-state index in [1.165, 1.54) is 0 Å². The van der Waals surface area contributed by atoms with Gasteiger partial charge in [-0.3, -0.25) is 15.6 Å². The molecule has 1 amide bonds. The molecule has 1 aliphatic rings. The van der Waals surface area contributed by atoms with Gasteiger partial charge in [0.25, 0.3) is 5.90 Å². The predicted octanol–water partition coefficient (Wildman–Crippen LogP) is 0.0440. The monoisotopic (exact) mass is 335 g/mol. The van der Waals surface area contributed by atoms with Crippen LogP contribution in [0.3, 0.4) is 0 Å². The summed E-state index contributed by atoms with van der Waals surface area (Å²) < 4.78 is 14.9. The van der Waals surface area contributed by atoms with Crippen LogP contribution in [0.4, 0.5) is 0 Å². The van der Waals surface area contributed by atoms with Gasteiger partial charge in [-0.1, -0.05) is 24.3 Å². The number of hydrogen-bond acceptors (Lipinski definition) is 7. The lowest BCUT2D eigenvalue weighted by Crippen LogP contribution is -2.59. The molecule has 2 rings (SSSR count). The van der Waals surface area contributed by atoms with E-state index in [2.05, 4.69) is 10.2 Å². The molecule has 1 aromatic carbocycles. The highest BCUT2D eigenvalue weighted by Gasteiger charge is 2.47. The van der Waals surface area contributed by atoms with Gasteiger partial charge in [-0.2, -0.15) is 0 Å². The van der Waals surface area contributed by atoms with Crippen LogP contribution in [-0.4, -0.2) is 44.2 Å². The fourth-order valence-electron chi connectivity index (χ4n) is 2.39. The maximum atomic E-state index is 12.0. The highest BCUT2D eigenvalue weighted by Crippen LogP contribution is 2.32. The molecule has 1 heterocycles. The lowest BCUT2D eigenvalue weighted by Gasteiger charge is -2.39. The number of nitrogens with two attached hydrogens (primary N) is 1. The van der Waals surface area contributed by atoms with Crippen LogP contribution in [0.1, 0.15) is 18.1 Å². The van der Waals surface area contributed by atoms with Gasteiger partial charge in [0.2, 0.25) is 5.91 Å². The second-order valence-electron chi connectivity index (χ2n) is 5.39. The van der Waals surface area contributed by atoms with E-state index in [1.54, 1.807) is 6.92 Å². The smallest absolute Gasteiger partial charge is 0.393 e. The van der Waals surface area contributed by atoms with Crippen molar-refractivity contribution in [3.63, 3.8) is 0 Å². The van der Waals surface area contributed by atoms with Crippen LogP contribution in [-0.2, 0) is 35.6 Å². The summed E-state index contributed by atoms with van der Waals surface area (Å²) in [6, 6.07) is 7.45. The van der Waals surface area contributed by atoms with E-state index in [0.29, 0.717) is 19.6 Å². The van der Waals surface area contributed by atoms with Crippen LogP contribution in [0.25, 0.3) is 0 Å². The van der Waals surface area contributed by atoms with Gasteiger partial charge in [0.1, 0.15) is 5.41 Å². The number of hydrazine groups is 1. The van der Waals surface area contributed by atoms with Gasteiger partial charge < -0.3 is 14.2 Å². The van der Waals surface area contributed by atoms with E-state index in [9.17, 15) is 9.59 Å². The number of rotatable bonds is 6. The first-order chi connectivity index (χ1) is 11.5. The Morgan fingerprint density at radius 3 is 2.46 bits per heavy atom. The Morgan fingerprint density at radius 1 is 1.29 bits per heavy atom. The number of nitrogens with one attached hydrogen (secondary N) is 2. The van der Waals surface area contributed by atoms with Crippen molar-refractivity contribution in [3.8, 4) is 0 Å². The normalized spacial score (nSPS) is 15.1. The van der Waals surface area contributed by atoms with E-state index in [4.69, 9.17) is 20.7 Å². The van der Waals surface area contributed by atoms with Gasteiger partial charge in [-0.15, -0.1) is 0 Å². The molecule has 1 aliphatic heterocycles. The zero-order valence-corrected chi connectivity index (χ0v) is 13.5. The van der Waals surface area contributed by atoms with Gasteiger partial charge in [0.05, 0.1) is 26.4 Å². The maximum absolute atomic E-state index is 12.0. The first kappa shape index (κ1) is 17.9. The Morgan fingerprint density at radius 2 is 1.96 bits per heavy atom. The summed E-state index contributed by atoms with van der Waals surface area (Å²) in [4.78, 5) is 23.2. The molecule has 1 fully saturated rings. The molecule has 0 saturated carbocycles. The van der Waals surface area contributed by atoms with E-state index in [0.717, 1.165) is 11.1 Å². The highest BCUT2D eigenvalue weighted by atomic mass is 16.6. The molecule has 0 unspecified atom stereocenters. The number of amides is 1. The summed E-state index contributed by atoms with van der Waals surface area (Å²) >= 11 is 0. The van der Waals surface area contributed by atoms with Crippen LogP contribution in [0.15, 0.2) is 24.3 Å². The molecule has 1 saturated heterocycles. The molecule has 0 aromatic heterocycles. The third kappa shape index (κ3) is 3.72. The second kappa shape index (κ2) is 7.89. The van der Waals surface area contributed by atoms with Crippen LogP contribution >= 0.6 is 0 Å². The molecule has 0 aliphatic carbocycles. The molecule has 24 heavy (non-hydrogen) atoms. The van der Waals surface area contributed by atoms with Crippen molar-refractivity contribution in [2.75, 3.05) is 26.4 Å². The Kier molecular flexibility index (Phi) is 5.88. The summed E-state index contributed by atoms with van der Waals surface area (Å²) in [6.45, 7) is 2.66. The predicted molar refractivity (Wildman–Crippen MR) is 85.3 cm³/mol. The van der Waals surface area contributed by atoms with Crippen molar-refractivity contribution in [2.45, 2.75) is 18.8 Å². The summed E-state index contributed by atoms with van der Waals surface area (Å²) in [7, 11) is 0. The molecule has 8 heteroatoms. The van der Waals surface area contributed by atoms with E-state index < -0.39 is 17.3 Å². The van der Waals surface area contributed by atoms with Gasteiger partial charge in [-0.25, -0.2) is 10.6 Å². The Balaban J connectivity index is 1.90. The molecule has 8 nitrogen and oxygen atoms in total. The minimum Gasteiger partial charge on any atom is -0.473 e. The summed E-state index contributed by atoms with van der Waals surface area (Å²) in [5, 5.41) is 7.41. The van der Waals surface area contributed by atoms with E-state index >= 15 is 0 Å².